The van der Waals surface area contributed by atoms with Crippen molar-refractivity contribution in [3.63, 3.8) is 0 Å². The maximum atomic E-state index is 10.1. The van der Waals surface area contributed by atoms with E-state index in [-0.39, 0.29) is 16.8 Å². The molecule has 0 aromatic heterocycles. The Morgan fingerprint density at radius 2 is 1.00 bits per heavy atom. The third-order valence-electron chi connectivity index (χ3n) is 3.09. The molecule has 4 nitrogen and oxygen atoms in total. The van der Waals surface area contributed by atoms with Gasteiger partial charge >= 0.3 is 11.9 Å². The Morgan fingerprint density at radius 3 is 1.32 bits per heavy atom. The molecule has 0 bridgehead atoms. The molecule has 0 unspecified atom stereocenters. The van der Waals surface area contributed by atoms with E-state index >= 15 is 0 Å². The zero-order valence-corrected chi connectivity index (χ0v) is 15.6. The minimum atomic E-state index is -0.677. The van der Waals surface area contributed by atoms with E-state index in [9.17, 15) is 9.59 Å². The number of unbranched alkanes of at least 4 members (excludes halogenated alkanes) is 3. The molecule has 0 rings (SSSR count). The molecule has 22 heavy (non-hydrogen) atoms. The summed E-state index contributed by atoms with van der Waals surface area (Å²) < 4.78 is 0. The van der Waals surface area contributed by atoms with Crippen LogP contribution in [0.5, 0.6) is 0 Å². The summed E-state index contributed by atoms with van der Waals surface area (Å²) in [5.41, 5.74) is 0. The van der Waals surface area contributed by atoms with E-state index in [0.717, 1.165) is 38.0 Å². The van der Waals surface area contributed by atoms with Crippen LogP contribution in [0.1, 0.15) is 85.5 Å². The van der Waals surface area contributed by atoms with Gasteiger partial charge in [0.2, 0.25) is 0 Å². The molecule has 5 heteroatoms. The van der Waals surface area contributed by atoms with Gasteiger partial charge in [0.15, 0.2) is 0 Å². The van der Waals surface area contributed by atoms with Gasteiger partial charge in [-0.2, -0.15) is 0 Å². The second-order valence-electron chi connectivity index (χ2n) is 6.42. The quantitative estimate of drug-likeness (QED) is 0.510. The van der Waals surface area contributed by atoms with Gasteiger partial charge in [-0.25, -0.2) is 0 Å². The second-order valence-corrected chi connectivity index (χ2v) is 6.42. The molecular formula is C17H34CoO4. The molecule has 0 saturated carbocycles. The average Bonchev–Trinajstić information content (AvgIpc) is 2.34. The first kappa shape index (κ1) is 26.3. The first-order chi connectivity index (χ1) is 9.75. The van der Waals surface area contributed by atoms with Crippen LogP contribution >= 0.6 is 0 Å². The normalized spacial score (nSPS) is 9.91. The van der Waals surface area contributed by atoms with Crippen LogP contribution in [0, 0.1) is 11.8 Å². The summed E-state index contributed by atoms with van der Waals surface area (Å²) in [6, 6.07) is 0. The van der Waals surface area contributed by atoms with Crippen molar-refractivity contribution in [2.45, 2.75) is 85.5 Å². The Hall–Kier alpha value is -0.554. The van der Waals surface area contributed by atoms with Crippen molar-refractivity contribution in [2.24, 2.45) is 11.8 Å². The number of carboxylic acids is 2. The maximum absolute atomic E-state index is 10.1. The van der Waals surface area contributed by atoms with E-state index in [1.807, 2.05) is 0 Å². The monoisotopic (exact) mass is 361 g/mol. The fraction of sp³-hybridized carbons (Fsp3) is 0.882. The van der Waals surface area contributed by atoms with Crippen LogP contribution in [-0.2, 0) is 26.4 Å². The molecule has 135 valence electrons. The van der Waals surface area contributed by atoms with Crippen LogP contribution in [-0.4, -0.2) is 22.2 Å². The third-order valence-corrected chi connectivity index (χ3v) is 3.09. The summed E-state index contributed by atoms with van der Waals surface area (Å²) >= 11 is 0. The van der Waals surface area contributed by atoms with Gasteiger partial charge in [0, 0.05) is 29.6 Å². The molecule has 0 aliphatic carbocycles. The van der Waals surface area contributed by atoms with Gasteiger partial charge in [-0.1, -0.05) is 59.8 Å². The summed E-state index contributed by atoms with van der Waals surface area (Å²) in [6.45, 7) is 8.69. The van der Waals surface area contributed by atoms with Gasteiger partial charge in [-0.05, 0) is 24.7 Å². The predicted octanol–water partition coefficient (Wildman–Crippen LogP) is 4.96. The van der Waals surface area contributed by atoms with Crippen molar-refractivity contribution in [3.05, 3.63) is 0 Å². The molecule has 0 saturated heterocycles. The number of carbonyl (C=O) groups is 2. The van der Waals surface area contributed by atoms with Crippen LogP contribution in [0.2, 0.25) is 0 Å². The van der Waals surface area contributed by atoms with Crippen molar-refractivity contribution in [1.82, 2.24) is 0 Å². The SMILES string of the molecule is CC(C)CCCCC(=O)O.CC(C)CCCCCC(=O)O.[Co]. The smallest absolute Gasteiger partial charge is 0.303 e. The molecule has 0 atom stereocenters. The number of hydrogen-bond acceptors (Lipinski definition) is 2. The summed E-state index contributed by atoms with van der Waals surface area (Å²) in [6.07, 6.45) is 7.96. The Balaban J connectivity index is -0.000000315. The zero-order valence-electron chi connectivity index (χ0n) is 14.6. The van der Waals surface area contributed by atoms with Crippen LogP contribution in [0.15, 0.2) is 0 Å². The van der Waals surface area contributed by atoms with Gasteiger partial charge in [0.1, 0.15) is 0 Å². The first-order valence-electron chi connectivity index (χ1n) is 8.19. The van der Waals surface area contributed by atoms with Gasteiger partial charge < -0.3 is 10.2 Å². The van der Waals surface area contributed by atoms with E-state index < -0.39 is 11.9 Å². The van der Waals surface area contributed by atoms with Crippen molar-refractivity contribution in [2.75, 3.05) is 0 Å². The molecule has 0 fully saturated rings. The number of aliphatic carboxylic acids is 2. The van der Waals surface area contributed by atoms with Crippen molar-refractivity contribution >= 4 is 11.9 Å². The zero-order chi connectivity index (χ0) is 16.7. The Morgan fingerprint density at radius 1 is 0.682 bits per heavy atom. The standard InChI is InChI=1S/C9H18O2.C8H16O2.Co/c1-8(2)6-4-3-5-7-9(10)11;1-7(2)5-3-4-6-8(9)10;/h8H,3-7H2,1-2H3,(H,10,11);7H,3-6H2,1-2H3,(H,9,10);. The molecule has 0 heterocycles. The van der Waals surface area contributed by atoms with E-state index in [2.05, 4.69) is 27.7 Å². The Labute approximate surface area is 146 Å². The van der Waals surface area contributed by atoms with Crippen LogP contribution in [0.4, 0.5) is 0 Å². The van der Waals surface area contributed by atoms with E-state index in [1.54, 1.807) is 0 Å². The van der Waals surface area contributed by atoms with Crippen LogP contribution in [0.3, 0.4) is 0 Å². The molecule has 0 amide bonds. The van der Waals surface area contributed by atoms with Crippen LogP contribution in [0.25, 0.3) is 0 Å². The largest absolute Gasteiger partial charge is 0.481 e. The molecule has 0 aromatic carbocycles. The molecule has 0 aromatic rings. The topological polar surface area (TPSA) is 74.6 Å². The van der Waals surface area contributed by atoms with Crippen molar-refractivity contribution in [3.8, 4) is 0 Å². The summed E-state index contributed by atoms with van der Waals surface area (Å²) in [5.74, 6) is 0.104. The third kappa shape index (κ3) is 31.7. The second kappa shape index (κ2) is 18.5. The summed E-state index contributed by atoms with van der Waals surface area (Å²) in [4.78, 5) is 20.1. The minimum absolute atomic E-state index is 0. The number of carboxylic acid groups (broad SMARTS) is 2. The van der Waals surface area contributed by atoms with Crippen LogP contribution < -0.4 is 0 Å². The van der Waals surface area contributed by atoms with Gasteiger partial charge in [0.25, 0.3) is 0 Å². The minimum Gasteiger partial charge on any atom is -0.481 e. The van der Waals surface area contributed by atoms with Gasteiger partial charge in [-0.3, -0.25) is 9.59 Å². The summed E-state index contributed by atoms with van der Waals surface area (Å²) in [7, 11) is 0. The van der Waals surface area contributed by atoms with E-state index in [0.29, 0.717) is 18.8 Å². The molecule has 0 aliphatic rings. The Kier molecular flexibility index (Phi) is 22.2. The predicted molar refractivity (Wildman–Crippen MR) is 86.5 cm³/mol. The summed E-state index contributed by atoms with van der Waals surface area (Å²) in [5, 5.41) is 16.6. The van der Waals surface area contributed by atoms with Crippen molar-refractivity contribution < 1.29 is 36.6 Å². The molecular weight excluding hydrogens is 327 g/mol. The number of hydrogen-bond donors (Lipinski definition) is 2. The van der Waals surface area contributed by atoms with E-state index in [4.69, 9.17) is 10.2 Å². The molecule has 0 spiro atoms. The maximum Gasteiger partial charge on any atom is 0.303 e. The Bertz CT molecular complexity index is 265. The molecule has 0 aliphatic heterocycles. The first-order valence-corrected chi connectivity index (χ1v) is 8.19. The van der Waals surface area contributed by atoms with E-state index in [1.165, 1.54) is 12.8 Å². The molecule has 2 N–H and O–H groups in total. The average molecular weight is 361 g/mol. The van der Waals surface area contributed by atoms with Gasteiger partial charge in [0.05, 0.1) is 0 Å². The van der Waals surface area contributed by atoms with Gasteiger partial charge in [-0.15, -0.1) is 0 Å². The fourth-order valence-electron chi connectivity index (χ4n) is 1.83. The van der Waals surface area contributed by atoms with Crippen molar-refractivity contribution in [1.29, 1.82) is 0 Å². The molecule has 1 radical (unpaired) electrons. The fourth-order valence-corrected chi connectivity index (χ4v) is 1.83. The number of rotatable bonds is 11.